The lowest BCUT2D eigenvalue weighted by atomic mass is 10.0. The van der Waals surface area contributed by atoms with Crippen molar-refractivity contribution in [1.82, 2.24) is 0 Å². The highest BCUT2D eigenvalue weighted by Crippen LogP contribution is 2.41. The fourth-order valence-corrected chi connectivity index (χ4v) is 6.93. The SMILES string of the molecule is N#Cc1ccc(N(c2ccccc2)c2ccc3cc4oc5cc6ccc(N(c7ccccc7)c7ccc(C#N)cc7)cc6cc5c4cc3c2)cc1. The Morgan fingerprint density at radius 2 is 0.725 bits per heavy atom. The van der Waals surface area contributed by atoms with Crippen LogP contribution in [0, 0.1) is 22.7 Å². The molecule has 0 saturated heterocycles. The van der Waals surface area contributed by atoms with Crippen molar-refractivity contribution >= 4 is 77.6 Å². The lowest BCUT2D eigenvalue weighted by Gasteiger charge is -2.25. The van der Waals surface area contributed by atoms with Gasteiger partial charge >= 0.3 is 0 Å². The van der Waals surface area contributed by atoms with Gasteiger partial charge in [-0.1, -0.05) is 48.5 Å². The van der Waals surface area contributed by atoms with E-state index in [2.05, 4.69) is 107 Å². The van der Waals surface area contributed by atoms with E-state index in [0.29, 0.717) is 11.1 Å². The second kappa shape index (κ2) is 12.3. The maximum absolute atomic E-state index is 9.39. The highest BCUT2D eigenvalue weighted by Gasteiger charge is 2.17. The number of anilines is 6. The monoisotopic (exact) mass is 652 g/mol. The molecule has 0 unspecified atom stereocenters. The molecule has 0 spiro atoms. The van der Waals surface area contributed by atoms with Gasteiger partial charge in [0.25, 0.3) is 0 Å². The third-order valence-electron chi connectivity index (χ3n) is 9.41. The molecule has 0 atom stereocenters. The summed E-state index contributed by atoms with van der Waals surface area (Å²) < 4.78 is 6.47. The first-order valence-electron chi connectivity index (χ1n) is 16.7. The van der Waals surface area contributed by atoms with Gasteiger partial charge in [0.15, 0.2) is 0 Å². The fraction of sp³-hybridized carbons (Fsp3) is 0. The molecule has 0 bridgehead atoms. The molecule has 8 aromatic carbocycles. The summed E-state index contributed by atoms with van der Waals surface area (Å²) in [6.07, 6.45) is 0. The number of fused-ring (bicyclic) bond motifs is 5. The van der Waals surface area contributed by atoms with Gasteiger partial charge in [0.05, 0.1) is 23.3 Å². The molecule has 9 aromatic rings. The minimum Gasteiger partial charge on any atom is -0.456 e. The summed E-state index contributed by atoms with van der Waals surface area (Å²) >= 11 is 0. The van der Waals surface area contributed by atoms with Crippen molar-refractivity contribution in [3.05, 3.63) is 181 Å². The molecule has 1 heterocycles. The molecular weight excluding hydrogens is 625 g/mol. The molecular formula is C46H28N4O. The van der Waals surface area contributed by atoms with Gasteiger partial charge in [-0.2, -0.15) is 10.5 Å². The summed E-state index contributed by atoms with van der Waals surface area (Å²) in [5, 5.41) is 25.3. The van der Waals surface area contributed by atoms with Crippen molar-refractivity contribution in [2.45, 2.75) is 0 Å². The first-order valence-corrected chi connectivity index (χ1v) is 16.7. The van der Waals surface area contributed by atoms with Crippen molar-refractivity contribution in [3.8, 4) is 12.1 Å². The number of rotatable bonds is 6. The van der Waals surface area contributed by atoms with Crippen molar-refractivity contribution in [2.75, 3.05) is 9.80 Å². The summed E-state index contributed by atoms with van der Waals surface area (Å²) in [4.78, 5) is 4.42. The van der Waals surface area contributed by atoms with Crippen LogP contribution in [0.4, 0.5) is 34.1 Å². The lowest BCUT2D eigenvalue weighted by Crippen LogP contribution is -2.09. The minimum absolute atomic E-state index is 0.626. The van der Waals surface area contributed by atoms with Gasteiger partial charge in [-0.15, -0.1) is 0 Å². The van der Waals surface area contributed by atoms with E-state index in [1.807, 2.05) is 84.9 Å². The van der Waals surface area contributed by atoms with Crippen molar-refractivity contribution in [3.63, 3.8) is 0 Å². The number of hydrogen-bond acceptors (Lipinski definition) is 5. The number of furan rings is 1. The Kier molecular flexibility index (Phi) is 7.17. The van der Waals surface area contributed by atoms with Crippen LogP contribution in [0.1, 0.15) is 11.1 Å². The van der Waals surface area contributed by atoms with E-state index in [0.717, 1.165) is 77.6 Å². The number of nitrogens with zero attached hydrogens (tertiary/aromatic N) is 4. The van der Waals surface area contributed by atoms with Crippen LogP contribution in [-0.2, 0) is 0 Å². The van der Waals surface area contributed by atoms with E-state index in [1.54, 1.807) is 0 Å². The van der Waals surface area contributed by atoms with E-state index >= 15 is 0 Å². The van der Waals surface area contributed by atoms with Gasteiger partial charge in [-0.3, -0.25) is 0 Å². The average molecular weight is 653 g/mol. The van der Waals surface area contributed by atoms with Crippen LogP contribution in [0.5, 0.6) is 0 Å². The Hall–Kier alpha value is -7.34. The maximum atomic E-state index is 9.39. The summed E-state index contributed by atoms with van der Waals surface area (Å²) in [6, 6.07) is 62.0. The predicted octanol–water partition coefficient (Wildman–Crippen LogP) is 12.6. The standard InChI is InChI=1S/C46H28N4O/c47-29-31-11-17-39(18-12-31)49(37-7-3-1-4-8-37)41-21-15-33-27-45-43(25-35(33)23-41)44-26-36-24-42(22-16-34(36)28-46(44)51-45)50(38-9-5-2-6-10-38)40-19-13-32(30-48)14-20-40/h1-28H. The van der Waals surface area contributed by atoms with Crippen molar-refractivity contribution < 1.29 is 4.42 Å². The molecule has 0 saturated carbocycles. The zero-order chi connectivity index (χ0) is 34.3. The molecule has 51 heavy (non-hydrogen) atoms. The van der Waals surface area contributed by atoms with Gasteiger partial charge in [0.1, 0.15) is 11.2 Å². The average Bonchev–Trinajstić information content (AvgIpc) is 3.53. The summed E-state index contributed by atoms with van der Waals surface area (Å²) in [5.74, 6) is 0. The fourth-order valence-electron chi connectivity index (χ4n) is 6.93. The molecule has 0 aliphatic rings. The Labute approximate surface area is 294 Å². The molecule has 5 heteroatoms. The minimum atomic E-state index is 0.626. The maximum Gasteiger partial charge on any atom is 0.136 e. The van der Waals surface area contributed by atoms with Crippen LogP contribution in [0.25, 0.3) is 43.5 Å². The Balaban J connectivity index is 1.17. The molecule has 0 N–H and O–H groups in total. The predicted molar refractivity (Wildman–Crippen MR) is 208 cm³/mol. The first kappa shape index (κ1) is 29.8. The van der Waals surface area contributed by atoms with Crippen LogP contribution >= 0.6 is 0 Å². The molecule has 0 aliphatic carbocycles. The smallest absolute Gasteiger partial charge is 0.136 e. The molecule has 5 nitrogen and oxygen atoms in total. The van der Waals surface area contributed by atoms with E-state index in [-0.39, 0.29) is 0 Å². The quantitative estimate of drug-likeness (QED) is 0.179. The molecule has 9 rings (SSSR count). The van der Waals surface area contributed by atoms with Crippen LogP contribution in [0.3, 0.4) is 0 Å². The first-order chi connectivity index (χ1) is 25.1. The Bertz CT molecular complexity index is 2620. The molecule has 0 fully saturated rings. The summed E-state index contributed by atoms with van der Waals surface area (Å²) in [5.41, 5.74) is 8.99. The van der Waals surface area contributed by atoms with Gasteiger partial charge in [0.2, 0.25) is 0 Å². The normalized spacial score (nSPS) is 11.1. The van der Waals surface area contributed by atoms with E-state index in [4.69, 9.17) is 4.42 Å². The molecule has 0 aliphatic heterocycles. The second-order valence-electron chi connectivity index (χ2n) is 12.5. The Morgan fingerprint density at radius 3 is 1.12 bits per heavy atom. The molecule has 238 valence electrons. The van der Waals surface area contributed by atoms with Gasteiger partial charge in [0, 0.05) is 44.9 Å². The van der Waals surface area contributed by atoms with E-state index in [1.165, 1.54) is 0 Å². The van der Waals surface area contributed by atoms with Crippen LogP contribution < -0.4 is 9.80 Å². The van der Waals surface area contributed by atoms with Crippen LogP contribution in [0.2, 0.25) is 0 Å². The summed E-state index contributed by atoms with van der Waals surface area (Å²) in [6.45, 7) is 0. The molecule has 1 aromatic heterocycles. The number of benzene rings is 8. The topological polar surface area (TPSA) is 67.2 Å². The Morgan fingerprint density at radius 1 is 0.353 bits per heavy atom. The van der Waals surface area contributed by atoms with Crippen molar-refractivity contribution in [2.24, 2.45) is 0 Å². The number of para-hydroxylation sites is 2. The second-order valence-corrected chi connectivity index (χ2v) is 12.5. The number of hydrogen-bond donors (Lipinski definition) is 0. The third-order valence-corrected chi connectivity index (χ3v) is 9.41. The van der Waals surface area contributed by atoms with Crippen LogP contribution in [0.15, 0.2) is 174 Å². The molecule has 0 amide bonds. The highest BCUT2D eigenvalue weighted by molar-refractivity contribution is 6.14. The third kappa shape index (κ3) is 5.36. The van der Waals surface area contributed by atoms with Gasteiger partial charge in [-0.25, -0.2) is 0 Å². The van der Waals surface area contributed by atoms with Gasteiger partial charge < -0.3 is 14.2 Å². The van der Waals surface area contributed by atoms with E-state index in [9.17, 15) is 10.5 Å². The zero-order valence-electron chi connectivity index (χ0n) is 27.4. The zero-order valence-corrected chi connectivity index (χ0v) is 27.4. The lowest BCUT2D eigenvalue weighted by molar-refractivity contribution is 0.670. The van der Waals surface area contributed by atoms with Gasteiger partial charge in [-0.05, 0) is 143 Å². The summed E-state index contributed by atoms with van der Waals surface area (Å²) in [7, 11) is 0. The number of nitriles is 2. The highest BCUT2D eigenvalue weighted by atomic mass is 16.3. The largest absolute Gasteiger partial charge is 0.456 e. The van der Waals surface area contributed by atoms with Crippen LogP contribution in [-0.4, -0.2) is 0 Å². The van der Waals surface area contributed by atoms with E-state index < -0.39 is 0 Å². The van der Waals surface area contributed by atoms with Crippen molar-refractivity contribution in [1.29, 1.82) is 10.5 Å². The molecule has 0 radical (unpaired) electrons.